The molecule has 3 N–H and O–H groups in total. The number of aromatic nitrogens is 1. The maximum atomic E-state index is 12.6. The van der Waals surface area contributed by atoms with Crippen molar-refractivity contribution in [2.75, 3.05) is 13.2 Å². The summed E-state index contributed by atoms with van der Waals surface area (Å²) in [6.07, 6.45) is 0.944. The molecule has 1 unspecified atom stereocenters. The van der Waals surface area contributed by atoms with Gasteiger partial charge in [0.2, 0.25) is 5.91 Å². The van der Waals surface area contributed by atoms with Gasteiger partial charge in [0.05, 0.1) is 11.9 Å². The van der Waals surface area contributed by atoms with Crippen molar-refractivity contribution in [3.63, 3.8) is 0 Å². The van der Waals surface area contributed by atoms with Crippen molar-refractivity contribution in [3.8, 4) is 11.1 Å². The van der Waals surface area contributed by atoms with Crippen LogP contribution in [0.15, 0.2) is 60.2 Å². The van der Waals surface area contributed by atoms with Crippen molar-refractivity contribution in [2.45, 2.75) is 24.8 Å². The number of fused-ring (bicyclic) bond motifs is 3. The Morgan fingerprint density at radius 1 is 1.06 bits per heavy atom. The first-order chi connectivity index (χ1) is 16.0. The van der Waals surface area contributed by atoms with Crippen LogP contribution in [0.5, 0.6) is 0 Å². The predicted molar refractivity (Wildman–Crippen MR) is 123 cm³/mol. The Morgan fingerprint density at radius 3 is 2.33 bits per heavy atom. The van der Waals surface area contributed by atoms with Gasteiger partial charge in [-0.3, -0.25) is 14.6 Å². The van der Waals surface area contributed by atoms with E-state index in [2.05, 4.69) is 27.8 Å². The molecule has 2 amide bonds. The molecule has 1 aliphatic rings. The molecule has 0 saturated carbocycles. The molecule has 9 heteroatoms. The van der Waals surface area contributed by atoms with E-state index in [0.717, 1.165) is 27.1 Å². The number of rotatable bonds is 9. The summed E-state index contributed by atoms with van der Waals surface area (Å²) >= 11 is 1.37. The van der Waals surface area contributed by atoms with Crippen molar-refractivity contribution in [2.24, 2.45) is 0 Å². The van der Waals surface area contributed by atoms with Gasteiger partial charge in [0.1, 0.15) is 12.6 Å². The third kappa shape index (κ3) is 5.38. The monoisotopic (exact) mass is 465 g/mol. The van der Waals surface area contributed by atoms with Gasteiger partial charge in [-0.2, -0.15) is 0 Å². The van der Waals surface area contributed by atoms with Crippen molar-refractivity contribution in [3.05, 3.63) is 76.2 Å². The first-order valence-electron chi connectivity index (χ1n) is 10.5. The molecule has 0 saturated heterocycles. The van der Waals surface area contributed by atoms with Crippen LogP contribution < -0.4 is 10.6 Å². The van der Waals surface area contributed by atoms with Crippen molar-refractivity contribution >= 4 is 29.3 Å². The number of hydrogen-bond acceptors (Lipinski definition) is 6. The molecule has 0 spiro atoms. The van der Waals surface area contributed by atoms with E-state index < -0.39 is 24.0 Å². The molecule has 0 radical (unpaired) electrons. The number of amides is 2. The number of nitrogens with one attached hydrogen (secondary N) is 2. The summed E-state index contributed by atoms with van der Waals surface area (Å²) in [6.45, 7) is 0.105. The van der Waals surface area contributed by atoms with Gasteiger partial charge >= 0.3 is 12.1 Å². The predicted octanol–water partition coefficient (Wildman–Crippen LogP) is 3.18. The van der Waals surface area contributed by atoms with Crippen LogP contribution >= 0.6 is 11.3 Å². The minimum absolute atomic E-state index is 0.0280. The second-order valence-electron chi connectivity index (χ2n) is 7.63. The molecule has 4 rings (SSSR count). The number of hydrogen-bond donors (Lipinski definition) is 3. The van der Waals surface area contributed by atoms with Crippen LogP contribution in [-0.2, 0) is 20.7 Å². The average molecular weight is 466 g/mol. The number of carboxylic acids is 1. The van der Waals surface area contributed by atoms with E-state index in [9.17, 15) is 14.4 Å². The number of nitrogens with zero attached hydrogens (tertiary/aromatic N) is 1. The summed E-state index contributed by atoms with van der Waals surface area (Å²) in [4.78, 5) is 40.7. The van der Waals surface area contributed by atoms with Crippen LogP contribution in [0.2, 0.25) is 0 Å². The average Bonchev–Trinajstić information content (AvgIpc) is 3.43. The Hall–Kier alpha value is -3.72. The van der Waals surface area contributed by atoms with Crippen LogP contribution in [-0.4, -0.2) is 47.3 Å². The molecule has 8 nitrogen and oxygen atoms in total. The second kappa shape index (κ2) is 10.3. The summed E-state index contributed by atoms with van der Waals surface area (Å²) in [7, 11) is 0. The van der Waals surface area contributed by atoms with E-state index in [1.54, 1.807) is 11.7 Å². The van der Waals surface area contributed by atoms with Gasteiger partial charge in [0.15, 0.2) is 0 Å². The highest BCUT2D eigenvalue weighted by atomic mass is 32.1. The number of carboxylic acid groups (broad SMARTS) is 1. The fourth-order valence-electron chi connectivity index (χ4n) is 3.95. The fraction of sp³-hybridized carbons (Fsp3) is 0.250. The molecule has 170 valence electrons. The standard InChI is InChI=1S/C24H23N3O5S/c28-22(29)9-10-26-23(30)21(11-15-12-25-14-33-15)27-24(31)32-13-20-18-7-3-1-5-16(18)17-6-2-4-8-19(17)20/h1-8,12,14,20-21H,9-11,13H2,(H,26,30)(H,27,31)(H,28,29). The van der Waals surface area contributed by atoms with E-state index in [4.69, 9.17) is 9.84 Å². The Labute approximate surface area is 194 Å². The molecular formula is C24H23N3O5S. The molecule has 0 bridgehead atoms. The minimum Gasteiger partial charge on any atom is -0.481 e. The highest BCUT2D eigenvalue weighted by Gasteiger charge is 2.30. The lowest BCUT2D eigenvalue weighted by atomic mass is 9.98. The highest BCUT2D eigenvalue weighted by Crippen LogP contribution is 2.44. The van der Waals surface area contributed by atoms with E-state index in [0.29, 0.717) is 0 Å². The Morgan fingerprint density at radius 2 is 1.73 bits per heavy atom. The Balaban J connectivity index is 1.41. The van der Waals surface area contributed by atoms with Crippen LogP contribution in [0.4, 0.5) is 4.79 Å². The van der Waals surface area contributed by atoms with E-state index in [1.165, 1.54) is 11.3 Å². The molecule has 0 fully saturated rings. The zero-order valence-corrected chi connectivity index (χ0v) is 18.5. The van der Waals surface area contributed by atoms with Gasteiger partial charge in [-0.1, -0.05) is 48.5 Å². The first kappa shape index (κ1) is 22.5. The Kier molecular flexibility index (Phi) is 6.99. The van der Waals surface area contributed by atoms with Crippen LogP contribution in [0, 0.1) is 0 Å². The van der Waals surface area contributed by atoms with Crippen molar-refractivity contribution < 1.29 is 24.2 Å². The quantitative estimate of drug-likeness (QED) is 0.447. The van der Waals surface area contributed by atoms with Crippen LogP contribution in [0.1, 0.15) is 28.3 Å². The zero-order chi connectivity index (χ0) is 23.2. The highest BCUT2D eigenvalue weighted by molar-refractivity contribution is 7.09. The first-order valence-corrected chi connectivity index (χ1v) is 11.4. The van der Waals surface area contributed by atoms with Gasteiger partial charge in [-0.15, -0.1) is 11.3 Å². The van der Waals surface area contributed by atoms with Gasteiger partial charge in [-0.25, -0.2) is 4.79 Å². The summed E-state index contributed by atoms with van der Waals surface area (Å²) in [5.74, 6) is -1.58. The molecular weight excluding hydrogens is 442 g/mol. The van der Waals surface area contributed by atoms with Gasteiger partial charge in [-0.05, 0) is 22.3 Å². The van der Waals surface area contributed by atoms with Gasteiger partial charge < -0.3 is 20.5 Å². The fourth-order valence-corrected chi connectivity index (χ4v) is 4.59. The number of aliphatic carboxylic acids is 1. The number of carbonyl (C=O) groups is 3. The van der Waals surface area contributed by atoms with Crippen LogP contribution in [0.3, 0.4) is 0 Å². The normalized spacial score (nSPS) is 13.0. The lowest BCUT2D eigenvalue weighted by Crippen LogP contribution is -2.48. The maximum Gasteiger partial charge on any atom is 0.407 e. The third-order valence-corrected chi connectivity index (χ3v) is 6.28. The third-order valence-electron chi connectivity index (χ3n) is 5.48. The largest absolute Gasteiger partial charge is 0.481 e. The summed E-state index contributed by atoms with van der Waals surface area (Å²) in [6, 6.07) is 15.2. The Bertz CT molecular complexity index is 1100. The van der Waals surface area contributed by atoms with Gasteiger partial charge in [0, 0.05) is 30.0 Å². The molecule has 33 heavy (non-hydrogen) atoms. The lowest BCUT2D eigenvalue weighted by Gasteiger charge is -2.19. The van der Waals surface area contributed by atoms with Crippen LogP contribution in [0.25, 0.3) is 11.1 Å². The molecule has 1 aromatic heterocycles. The summed E-state index contributed by atoms with van der Waals surface area (Å²) < 4.78 is 5.55. The molecule has 2 aromatic carbocycles. The smallest absolute Gasteiger partial charge is 0.407 e. The zero-order valence-electron chi connectivity index (χ0n) is 17.7. The van der Waals surface area contributed by atoms with E-state index >= 15 is 0 Å². The second-order valence-corrected chi connectivity index (χ2v) is 8.60. The number of thiazole rings is 1. The SMILES string of the molecule is O=C(O)CCNC(=O)C(Cc1cncs1)NC(=O)OCC1c2ccccc2-c2ccccc21. The molecule has 3 aromatic rings. The molecule has 0 aliphatic heterocycles. The topological polar surface area (TPSA) is 118 Å². The molecule has 1 heterocycles. The van der Waals surface area contributed by atoms with Crippen molar-refractivity contribution in [1.82, 2.24) is 15.6 Å². The van der Waals surface area contributed by atoms with Crippen molar-refractivity contribution in [1.29, 1.82) is 0 Å². The molecule has 1 atom stereocenters. The summed E-state index contributed by atoms with van der Waals surface area (Å²) in [5.41, 5.74) is 6.09. The summed E-state index contributed by atoms with van der Waals surface area (Å²) in [5, 5.41) is 14.0. The number of alkyl carbamates (subject to hydrolysis) is 1. The number of benzene rings is 2. The minimum atomic E-state index is -1.01. The lowest BCUT2D eigenvalue weighted by molar-refractivity contribution is -0.137. The van der Waals surface area contributed by atoms with Gasteiger partial charge in [0.25, 0.3) is 0 Å². The van der Waals surface area contributed by atoms with E-state index in [1.807, 2.05) is 36.4 Å². The molecule has 1 aliphatic carbocycles. The van der Waals surface area contributed by atoms with E-state index in [-0.39, 0.29) is 31.9 Å². The number of ether oxygens (including phenoxy) is 1. The maximum absolute atomic E-state index is 12.6. The number of carbonyl (C=O) groups excluding carboxylic acids is 2.